The number of carbonyl (C=O) groups is 1. The van der Waals surface area contributed by atoms with Crippen molar-refractivity contribution in [2.24, 2.45) is 4.99 Å². The molecule has 6 heteroatoms. The molecule has 0 unspecified atom stereocenters. The van der Waals surface area contributed by atoms with Crippen LogP contribution in [0, 0.1) is 0 Å². The number of hydrogen-bond donors (Lipinski definition) is 2. The van der Waals surface area contributed by atoms with Gasteiger partial charge in [0.25, 0.3) is 0 Å². The fourth-order valence-corrected chi connectivity index (χ4v) is 3.92. The topological polar surface area (TPSA) is 56.7 Å². The standard InChI is InChI=1S/C25H30N4OS/c1-29(2)24(30)19-28-25(27-18-22-14-9-17-31-22)26-16-15-23(20-10-5-3-6-11-20)21-12-7-4-8-13-21/h3-14,17,23H,15-16,18-19H2,1-2H3,(H2,26,27,28). The summed E-state index contributed by atoms with van der Waals surface area (Å²) in [5.74, 6) is 0.920. The quantitative estimate of drug-likeness (QED) is 0.394. The van der Waals surface area contributed by atoms with Crippen LogP contribution in [-0.4, -0.2) is 44.0 Å². The molecule has 0 saturated heterocycles. The van der Waals surface area contributed by atoms with Gasteiger partial charge in [0.2, 0.25) is 5.91 Å². The van der Waals surface area contributed by atoms with Crippen molar-refractivity contribution in [1.29, 1.82) is 0 Å². The Morgan fingerprint density at radius 1 is 0.935 bits per heavy atom. The monoisotopic (exact) mass is 434 g/mol. The minimum absolute atomic E-state index is 0.0244. The lowest BCUT2D eigenvalue weighted by Crippen LogP contribution is -2.39. The van der Waals surface area contributed by atoms with E-state index < -0.39 is 0 Å². The van der Waals surface area contributed by atoms with Crippen LogP contribution in [0.15, 0.2) is 83.2 Å². The second kappa shape index (κ2) is 11.9. The molecular weight excluding hydrogens is 404 g/mol. The molecule has 1 heterocycles. The molecular formula is C25H30N4OS. The van der Waals surface area contributed by atoms with Crippen LogP contribution in [0.2, 0.25) is 0 Å². The number of hydrogen-bond acceptors (Lipinski definition) is 3. The maximum Gasteiger partial charge on any atom is 0.243 e. The molecule has 0 spiro atoms. The number of benzene rings is 2. The molecule has 0 radical (unpaired) electrons. The first-order valence-corrected chi connectivity index (χ1v) is 11.4. The van der Waals surface area contributed by atoms with E-state index in [2.05, 4.69) is 75.6 Å². The van der Waals surface area contributed by atoms with Gasteiger partial charge < -0.3 is 15.5 Å². The lowest BCUT2D eigenvalue weighted by molar-refractivity contribution is -0.127. The summed E-state index contributed by atoms with van der Waals surface area (Å²) in [6.45, 7) is 1.54. The van der Waals surface area contributed by atoms with Crippen LogP contribution in [0.4, 0.5) is 0 Å². The van der Waals surface area contributed by atoms with Crippen LogP contribution in [0.5, 0.6) is 0 Å². The summed E-state index contributed by atoms with van der Waals surface area (Å²) in [6, 6.07) is 25.3. The van der Waals surface area contributed by atoms with Crippen molar-refractivity contribution in [2.75, 3.05) is 27.2 Å². The zero-order valence-corrected chi connectivity index (χ0v) is 18.9. The minimum Gasteiger partial charge on any atom is -0.356 e. The molecule has 0 fully saturated rings. The zero-order chi connectivity index (χ0) is 21.9. The third-order valence-corrected chi connectivity index (χ3v) is 5.89. The van der Waals surface area contributed by atoms with Crippen molar-refractivity contribution in [3.8, 4) is 0 Å². The van der Waals surface area contributed by atoms with Gasteiger partial charge in [-0.2, -0.15) is 0 Å². The summed E-state index contributed by atoms with van der Waals surface area (Å²) in [4.78, 5) is 19.3. The van der Waals surface area contributed by atoms with Crippen LogP contribution in [0.25, 0.3) is 0 Å². The highest BCUT2D eigenvalue weighted by Gasteiger charge is 2.14. The average molecular weight is 435 g/mol. The van der Waals surface area contributed by atoms with E-state index in [-0.39, 0.29) is 18.4 Å². The molecule has 2 N–H and O–H groups in total. The van der Waals surface area contributed by atoms with E-state index in [1.54, 1.807) is 30.3 Å². The van der Waals surface area contributed by atoms with Crippen molar-refractivity contribution in [3.05, 3.63) is 94.2 Å². The van der Waals surface area contributed by atoms with Gasteiger partial charge in [-0.15, -0.1) is 11.3 Å². The normalized spacial score (nSPS) is 11.4. The van der Waals surface area contributed by atoms with Gasteiger partial charge in [-0.1, -0.05) is 66.7 Å². The van der Waals surface area contributed by atoms with Crippen molar-refractivity contribution in [3.63, 3.8) is 0 Å². The first-order chi connectivity index (χ1) is 15.1. The fraction of sp³-hybridized carbons (Fsp3) is 0.280. The van der Waals surface area contributed by atoms with E-state index in [9.17, 15) is 4.79 Å². The number of amides is 1. The number of carbonyl (C=O) groups excluding carboxylic acids is 1. The first-order valence-electron chi connectivity index (χ1n) is 10.5. The summed E-state index contributed by atoms with van der Waals surface area (Å²) in [5.41, 5.74) is 2.59. The third kappa shape index (κ3) is 7.26. The number of aliphatic imine (C=N–C) groups is 1. The molecule has 1 aromatic heterocycles. The Hall–Kier alpha value is -3.12. The highest BCUT2D eigenvalue weighted by molar-refractivity contribution is 7.09. The smallest absolute Gasteiger partial charge is 0.243 e. The van der Waals surface area contributed by atoms with Crippen molar-refractivity contribution < 1.29 is 4.79 Å². The van der Waals surface area contributed by atoms with Gasteiger partial charge in [0.05, 0.1) is 6.54 Å². The molecule has 0 aliphatic rings. The Morgan fingerprint density at radius 2 is 1.58 bits per heavy atom. The van der Waals surface area contributed by atoms with E-state index >= 15 is 0 Å². The van der Waals surface area contributed by atoms with Gasteiger partial charge in [0.15, 0.2) is 5.96 Å². The van der Waals surface area contributed by atoms with Crippen molar-refractivity contribution in [1.82, 2.24) is 15.5 Å². The van der Waals surface area contributed by atoms with Crippen LogP contribution in [-0.2, 0) is 11.3 Å². The molecule has 2 aromatic carbocycles. The maximum atomic E-state index is 12.0. The summed E-state index contributed by atoms with van der Waals surface area (Å²) in [5, 5.41) is 8.82. The first kappa shape index (κ1) is 22.6. The maximum absolute atomic E-state index is 12.0. The van der Waals surface area contributed by atoms with E-state index in [4.69, 9.17) is 0 Å². The molecule has 162 valence electrons. The molecule has 0 bridgehead atoms. The molecule has 0 aliphatic carbocycles. The van der Waals surface area contributed by atoms with Crippen molar-refractivity contribution in [2.45, 2.75) is 18.9 Å². The molecule has 0 aliphatic heterocycles. The second-order valence-corrected chi connectivity index (χ2v) is 8.51. The summed E-state index contributed by atoms with van der Waals surface area (Å²) in [7, 11) is 3.49. The van der Waals surface area contributed by atoms with Crippen LogP contribution >= 0.6 is 11.3 Å². The SMILES string of the molecule is CN(C)C(=O)CN=C(NCCC(c1ccccc1)c1ccccc1)NCc1cccs1. The molecule has 5 nitrogen and oxygen atoms in total. The van der Waals surface area contributed by atoms with Gasteiger partial charge in [0.1, 0.15) is 6.54 Å². The molecule has 1 amide bonds. The Balaban J connectivity index is 1.66. The number of rotatable bonds is 9. The summed E-state index contributed by atoms with van der Waals surface area (Å²) >= 11 is 1.70. The molecule has 3 rings (SSSR count). The van der Waals surface area contributed by atoms with E-state index in [0.717, 1.165) is 13.0 Å². The zero-order valence-electron chi connectivity index (χ0n) is 18.1. The van der Waals surface area contributed by atoms with Gasteiger partial charge >= 0.3 is 0 Å². The second-order valence-electron chi connectivity index (χ2n) is 7.48. The Labute approximate surface area is 188 Å². The van der Waals surface area contributed by atoms with Gasteiger partial charge in [0, 0.05) is 31.4 Å². The van der Waals surface area contributed by atoms with Crippen LogP contribution in [0.1, 0.15) is 28.3 Å². The third-order valence-electron chi connectivity index (χ3n) is 5.01. The Kier molecular flexibility index (Phi) is 8.67. The van der Waals surface area contributed by atoms with Crippen LogP contribution in [0.3, 0.4) is 0 Å². The minimum atomic E-state index is -0.0244. The lowest BCUT2D eigenvalue weighted by atomic mass is 9.88. The Morgan fingerprint density at radius 3 is 2.13 bits per heavy atom. The Bertz CT molecular complexity index is 901. The predicted molar refractivity (Wildman–Crippen MR) is 130 cm³/mol. The van der Waals surface area contributed by atoms with Crippen molar-refractivity contribution >= 4 is 23.2 Å². The number of thiophene rings is 1. The van der Waals surface area contributed by atoms with Gasteiger partial charge in [-0.05, 0) is 29.0 Å². The number of guanidine groups is 1. The molecule has 0 saturated carbocycles. The van der Waals surface area contributed by atoms with E-state index in [0.29, 0.717) is 12.5 Å². The van der Waals surface area contributed by atoms with Gasteiger partial charge in [-0.3, -0.25) is 4.79 Å². The lowest BCUT2D eigenvalue weighted by Gasteiger charge is -2.20. The fourth-order valence-electron chi connectivity index (χ4n) is 3.28. The highest BCUT2D eigenvalue weighted by atomic mass is 32.1. The number of likely N-dealkylation sites (N-methyl/N-ethyl adjacent to an activating group) is 1. The predicted octanol–water partition coefficient (Wildman–Crippen LogP) is 4.09. The van der Waals surface area contributed by atoms with E-state index in [1.807, 2.05) is 18.2 Å². The molecule has 0 atom stereocenters. The molecule has 3 aromatic rings. The number of nitrogens with one attached hydrogen (secondary N) is 2. The molecule has 31 heavy (non-hydrogen) atoms. The van der Waals surface area contributed by atoms with Crippen LogP contribution < -0.4 is 10.6 Å². The summed E-state index contributed by atoms with van der Waals surface area (Å²) < 4.78 is 0. The summed E-state index contributed by atoms with van der Waals surface area (Å²) in [6.07, 6.45) is 0.912. The largest absolute Gasteiger partial charge is 0.356 e. The number of nitrogens with zero attached hydrogens (tertiary/aromatic N) is 2. The van der Waals surface area contributed by atoms with Gasteiger partial charge in [-0.25, -0.2) is 4.99 Å². The highest BCUT2D eigenvalue weighted by Crippen LogP contribution is 2.27. The average Bonchev–Trinajstić information content (AvgIpc) is 3.32. The van der Waals surface area contributed by atoms with E-state index in [1.165, 1.54) is 16.0 Å².